The molecule has 5 rings (SSSR count). The number of carbonyl (C=O) groups is 2. The first kappa shape index (κ1) is 21.7. The van der Waals surface area contributed by atoms with Gasteiger partial charge >= 0.3 is 5.97 Å². The molecule has 0 atom stereocenters. The summed E-state index contributed by atoms with van der Waals surface area (Å²) in [6, 6.07) is 16.7. The Morgan fingerprint density at radius 2 is 1.79 bits per heavy atom. The van der Waals surface area contributed by atoms with E-state index in [0.717, 1.165) is 16.8 Å². The maximum Gasteiger partial charge on any atom is 0.337 e. The SMILES string of the molecule is COC(=O)c1ccc(NC(=O)CSc2nnc3c4cc(-c5ccc(C)cc5)nn4ccn23)cc1. The molecule has 170 valence electrons. The largest absolute Gasteiger partial charge is 0.465 e. The number of fused-ring (bicyclic) bond motifs is 3. The van der Waals surface area contributed by atoms with Gasteiger partial charge in [-0.3, -0.25) is 9.20 Å². The minimum Gasteiger partial charge on any atom is -0.465 e. The van der Waals surface area contributed by atoms with Crippen molar-refractivity contribution in [1.82, 2.24) is 24.2 Å². The van der Waals surface area contributed by atoms with Crippen molar-refractivity contribution >= 4 is 40.5 Å². The van der Waals surface area contributed by atoms with Crippen LogP contribution in [0, 0.1) is 6.92 Å². The number of nitrogens with one attached hydrogen (secondary N) is 1. The van der Waals surface area contributed by atoms with Crippen LogP contribution in [-0.4, -0.2) is 49.0 Å². The average Bonchev–Trinajstić information content (AvgIpc) is 3.47. The first-order chi connectivity index (χ1) is 16.5. The number of aryl methyl sites for hydroxylation is 1. The highest BCUT2D eigenvalue weighted by Gasteiger charge is 2.14. The molecule has 0 saturated carbocycles. The molecule has 0 spiro atoms. The molecule has 0 saturated heterocycles. The lowest BCUT2D eigenvalue weighted by molar-refractivity contribution is -0.113. The van der Waals surface area contributed by atoms with Crippen molar-refractivity contribution in [2.75, 3.05) is 18.2 Å². The Hall–Kier alpha value is -4.18. The summed E-state index contributed by atoms with van der Waals surface area (Å²) in [6.45, 7) is 2.05. The number of carbonyl (C=O) groups excluding carboxylic acids is 2. The van der Waals surface area contributed by atoms with Crippen LogP contribution in [0.3, 0.4) is 0 Å². The van der Waals surface area contributed by atoms with E-state index >= 15 is 0 Å². The second-order valence-electron chi connectivity index (χ2n) is 7.61. The third-order valence-electron chi connectivity index (χ3n) is 5.26. The highest BCUT2D eigenvalue weighted by atomic mass is 32.2. The van der Waals surface area contributed by atoms with Crippen molar-refractivity contribution in [1.29, 1.82) is 0 Å². The van der Waals surface area contributed by atoms with Crippen molar-refractivity contribution < 1.29 is 14.3 Å². The second-order valence-corrected chi connectivity index (χ2v) is 8.55. The normalized spacial score (nSPS) is 11.1. The number of anilines is 1. The molecule has 0 aliphatic rings. The number of hydrogen-bond donors (Lipinski definition) is 1. The number of thioether (sulfide) groups is 1. The van der Waals surface area contributed by atoms with E-state index in [1.54, 1.807) is 28.8 Å². The summed E-state index contributed by atoms with van der Waals surface area (Å²) in [5.74, 6) is -0.469. The molecule has 0 bridgehead atoms. The van der Waals surface area contributed by atoms with E-state index < -0.39 is 5.97 Å². The van der Waals surface area contributed by atoms with Gasteiger partial charge in [0.2, 0.25) is 5.91 Å². The second kappa shape index (κ2) is 8.99. The van der Waals surface area contributed by atoms with E-state index in [1.807, 2.05) is 41.9 Å². The zero-order valence-corrected chi connectivity index (χ0v) is 19.2. The molecule has 2 aromatic carbocycles. The van der Waals surface area contributed by atoms with Crippen LogP contribution in [0.5, 0.6) is 0 Å². The Balaban J connectivity index is 1.30. The maximum absolute atomic E-state index is 12.4. The van der Waals surface area contributed by atoms with Crippen molar-refractivity contribution in [3.8, 4) is 11.3 Å². The minimum atomic E-state index is -0.426. The zero-order valence-electron chi connectivity index (χ0n) is 18.4. The van der Waals surface area contributed by atoms with Gasteiger partial charge in [0.1, 0.15) is 5.52 Å². The standard InChI is InChI=1S/C24H20N6O3S/c1-15-3-5-16(6-4-15)19-13-20-22-26-27-24(29(22)11-12-30(20)28-19)34-14-21(31)25-18-9-7-17(8-10-18)23(32)33-2/h3-13H,14H2,1-2H3,(H,25,31). The van der Waals surface area contributed by atoms with Gasteiger partial charge in [0, 0.05) is 23.6 Å². The lowest BCUT2D eigenvalue weighted by Gasteiger charge is -2.06. The fourth-order valence-corrected chi connectivity index (χ4v) is 4.21. The summed E-state index contributed by atoms with van der Waals surface area (Å²) >= 11 is 1.28. The Morgan fingerprint density at radius 1 is 1.03 bits per heavy atom. The van der Waals surface area contributed by atoms with Gasteiger partial charge in [0.15, 0.2) is 10.8 Å². The van der Waals surface area contributed by atoms with Crippen LogP contribution in [0.25, 0.3) is 22.4 Å². The predicted octanol–water partition coefficient (Wildman–Crippen LogP) is 3.87. The molecule has 0 aliphatic heterocycles. The molecule has 0 fully saturated rings. The number of hydrogen-bond acceptors (Lipinski definition) is 7. The molecular formula is C24H20N6O3S. The number of amides is 1. The van der Waals surface area contributed by atoms with Crippen LogP contribution in [0.1, 0.15) is 15.9 Å². The Bertz CT molecular complexity index is 1510. The van der Waals surface area contributed by atoms with Gasteiger partial charge in [-0.2, -0.15) is 5.10 Å². The molecule has 5 aromatic rings. The Kier molecular flexibility index (Phi) is 5.72. The lowest BCUT2D eigenvalue weighted by Crippen LogP contribution is -2.14. The number of benzene rings is 2. The van der Waals surface area contributed by atoms with Crippen molar-refractivity contribution in [2.24, 2.45) is 0 Å². The van der Waals surface area contributed by atoms with Crippen LogP contribution in [0.15, 0.2) is 72.1 Å². The molecule has 0 aliphatic carbocycles. The number of methoxy groups -OCH3 is 1. The van der Waals surface area contributed by atoms with Gasteiger partial charge in [-0.25, -0.2) is 9.31 Å². The summed E-state index contributed by atoms with van der Waals surface area (Å²) in [4.78, 5) is 23.9. The molecule has 3 heterocycles. The first-order valence-corrected chi connectivity index (χ1v) is 11.4. The van der Waals surface area contributed by atoms with Gasteiger partial charge < -0.3 is 10.1 Å². The third-order valence-corrected chi connectivity index (χ3v) is 6.20. The van der Waals surface area contributed by atoms with E-state index in [2.05, 4.69) is 37.5 Å². The maximum atomic E-state index is 12.4. The summed E-state index contributed by atoms with van der Waals surface area (Å²) in [5, 5.41) is 16.6. The molecule has 10 heteroatoms. The molecule has 1 amide bonds. The monoisotopic (exact) mass is 472 g/mol. The van der Waals surface area contributed by atoms with E-state index in [1.165, 1.54) is 24.4 Å². The number of nitrogens with zero attached hydrogens (tertiary/aromatic N) is 5. The molecule has 0 unspecified atom stereocenters. The minimum absolute atomic E-state index is 0.151. The van der Waals surface area contributed by atoms with Gasteiger partial charge in [0.25, 0.3) is 0 Å². The van der Waals surface area contributed by atoms with Crippen molar-refractivity contribution in [2.45, 2.75) is 12.1 Å². The Morgan fingerprint density at radius 3 is 2.53 bits per heavy atom. The van der Waals surface area contributed by atoms with Gasteiger partial charge in [-0.05, 0) is 37.3 Å². The molecule has 3 aromatic heterocycles. The topological polar surface area (TPSA) is 103 Å². The summed E-state index contributed by atoms with van der Waals surface area (Å²) in [5.41, 5.74) is 5.56. The molecular weight excluding hydrogens is 452 g/mol. The van der Waals surface area contributed by atoms with Crippen molar-refractivity contribution in [3.05, 3.63) is 78.1 Å². The van der Waals surface area contributed by atoms with Crippen molar-refractivity contribution in [3.63, 3.8) is 0 Å². The highest BCUT2D eigenvalue weighted by molar-refractivity contribution is 7.99. The molecule has 1 N–H and O–H groups in total. The third kappa shape index (κ3) is 4.23. The average molecular weight is 473 g/mol. The lowest BCUT2D eigenvalue weighted by atomic mass is 10.1. The van der Waals surface area contributed by atoms with Crippen LogP contribution in [-0.2, 0) is 9.53 Å². The van der Waals surface area contributed by atoms with E-state index in [9.17, 15) is 9.59 Å². The number of aromatic nitrogens is 5. The van der Waals surface area contributed by atoms with E-state index in [4.69, 9.17) is 0 Å². The van der Waals surface area contributed by atoms with Crippen LogP contribution in [0.2, 0.25) is 0 Å². The quantitative estimate of drug-likeness (QED) is 0.296. The first-order valence-electron chi connectivity index (χ1n) is 10.4. The highest BCUT2D eigenvalue weighted by Crippen LogP contribution is 2.24. The summed E-state index contributed by atoms with van der Waals surface area (Å²) in [6.07, 6.45) is 3.68. The Labute approximate surface area is 198 Å². The predicted molar refractivity (Wildman–Crippen MR) is 129 cm³/mol. The van der Waals surface area contributed by atoms with Crippen LogP contribution in [0.4, 0.5) is 5.69 Å². The molecule has 34 heavy (non-hydrogen) atoms. The van der Waals surface area contributed by atoms with Gasteiger partial charge in [-0.1, -0.05) is 41.6 Å². The van der Waals surface area contributed by atoms with E-state index in [-0.39, 0.29) is 11.7 Å². The number of rotatable bonds is 6. The fourth-order valence-electron chi connectivity index (χ4n) is 3.49. The summed E-state index contributed by atoms with van der Waals surface area (Å²) in [7, 11) is 1.32. The van der Waals surface area contributed by atoms with Crippen LogP contribution < -0.4 is 5.32 Å². The van der Waals surface area contributed by atoms with Gasteiger partial charge in [0.05, 0.1) is 24.1 Å². The molecule has 9 nitrogen and oxygen atoms in total. The number of ether oxygens (including phenoxy) is 1. The molecule has 0 radical (unpaired) electrons. The number of esters is 1. The smallest absolute Gasteiger partial charge is 0.337 e. The van der Waals surface area contributed by atoms with E-state index in [0.29, 0.717) is 22.1 Å². The van der Waals surface area contributed by atoms with Gasteiger partial charge in [-0.15, -0.1) is 10.2 Å². The van der Waals surface area contributed by atoms with Crippen LogP contribution >= 0.6 is 11.8 Å². The zero-order chi connectivity index (χ0) is 23.7. The fraction of sp³-hybridized carbons (Fsp3) is 0.125. The summed E-state index contributed by atoms with van der Waals surface area (Å²) < 4.78 is 8.30.